The minimum absolute atomic E-state index is 0.122. The molecule has 0 radical (unpaired) electrons. The maximum absolute atomic E-state index is 12.7. The lowest BCUT2D eigenvalue weighted by Gasteiger charge is -2.16. The minimum atomic E-state index is -1.04. The van der Waals surface area contributed by atoms with Crippen molar-refractivity contribution in [2.45, 2.75) is 31.8 Å². The monoisotopic (exact) mass is 299 g/mol. The largest absolute Gasteiger partial charge is 0.478 e. The van der Waals surface area contributed by atoms with E-state index in [0.29, 0.717) is 22.8 Å². The van der Waals surface area contributed by atoms with Gasteiger partial charge >= 0.3 is 5.97 Å². The summed E-state index contributed by atoms with van der Waals surface area (Å²) in [6.45, 7) is 0.520. The highest BCUT2D eigenvalue weighted by atomic mass is 16.4. The molecule has 1 saturated carbocycles. The first-order chi connectivity index (χ1) is 10.6. The Morgan fingerprint density at radius 3 is 2.82 bits per heavy atom. The lowest BCUT2D eigenvalue weighted by molar-refractivity contribution is 0.0683. The Morgan fingerprint density at radius 1 is 1.27 bits per heavy atom. The van der Waals surface area contributed by atoms with E-state index in [-0.39, 0.29) is 24.6 Å². The van der Waals surface area contributed by atoms with Crippen molar-refractivity contribution in [3.05, 3.63) is 46.9 Å². The van der Waals surface area contributed by atoms with Crippen molar-refractivity contribution in [3.8, 4) is 0 Å². The molecule has 112 valence electrons. The first-order valence-electron chi connectivity index (χ1n) is 7.07. The van der Waals surface area contributed by atoms with Gasteiger partial charge in [0.15, 0.2) is 0 Å². The minimum Gasteiger partial charge on any atom is -0.478 e. The summed E-state index contributed by atoms with van der Waals surface area (Å²) in [5.41, 5.74) is 2.00. The normalized spacial score (nSPS) is 16.6. The lowest BCUT2D eigenvalue weighted by Crippen LogP contribution is -2.27. The molecule has 0 unspecified atom stereocenters. The van der Waals surface area contributed by atoms with Gasteiger partial charge in [-0.25, -0.2) is 14.8 Å². The Balaban J connectivity index is 1.62. The first-order valence-corrected chi connectivity index (χ1v) is 7.07. The third-order valence-corrected chi connectivity index (χ3v) is 4.12. The summed E-state index contributed by atoms with van der Waals surface area (Å²) in [5.74, 6) is -0.336. The van der Waals surface area contributed by atoms with Gasteiger partial charge in [0.1, 0.15) is 23.9 Å². The van der Waals surface area contributed by atoms with E-state index >= 15 is 0 Å². The molecule has 0 bridgehead atoms. The number of carboxylic acids is 1. The molecule has 4 rings (SSSR count). The summed E-state index contributed by atoms with van der Waals surface area (Å²) in [6, 6.07) is 0. The maximum Gasteiger partial charge on any atom is 0.339 e. The highest BCUT2D eigenvalue weighted by Gasteiger charge is 2.35. The predicted molar refractivity (Wildman–Crippen MR) is 73.3 cm³/mol. The molecule has 1 fully saturated rings. The van der Waals surface area contributed by atoms with Gasteiger partial charge in [0.2, 0.25) is 0 Å². The smallest absolute Gasteiger partial charge is 0.339 e. The average molecular weight is 299 g/mol. The summed E-state index contributed by atoms with van der Waals surface area (Å²) in [4.78, 5) is 33.6. The Bertz CT molecular complexity index is 779. The molecule has 2 aromatic heterocycles. The van der Waals surface area contributed by atoms with Gasteiger partial charge < -0.3 is 14.4 Å². The zero-order chi connectivity index (χ0) is 15.3. The third kappa shape index (κ3) is 1.97. The van der Waals surface area contributed by atoms with Crippen LogP contribution in [-0.2, 0) is 13.1 Å². The van der Waals surface area contributed by atoms with Crippen LogP contribution in [0.2, 0.25) is 0 Å². The number of fused-ring (bicyclic) bond motifs is 1. The van der Waals surface area contributed by atoms with Crippen molar-refractivity contribution < 1.29 is 19.1 Å². The number of carbonyl (C=O) groups is 2. The second-order valence-electron chi connectivity index (χ2n) is 5.61. The number of aromatic nitrogens is 2. The molecule has 3 heterocycles. The zero-order valence-electron chi connectivity index (χ0n) is 11.7. The Labute approximate surface area is 125 Å². The van der Waals surface area contributed by atoms with Gasteiger partial charge in [-0.15, -0.1) is 0 Å². The van der Waals surface area contributed by atoms with Gasteiger partial charge in [-0.05, 0) is 12.8 Å². The number of hydrogen-bond donors (Lipinski definition) is 1. The molecule has 1 aliphatic heterocycles. The van der Waals surface area contributed by atoms with Crippen molar-refractivity contribution >= 4 is 11.9 Å². The van der Waals surface area contributed by atoms with Crippen LogP contribution in [-0.4, -0.2) is 31.9 Å². The molecule has 1 amide bonds. The van der Waals surface area contributed by atoms with Crippen LogP contribution in [0.1, 0.15) is 56.5 Å². The van der Waals surface area contributed by atoms with E-state index < -0.39 is 5.97 Å². The van der Waals surface area contributed by atoms with Crippen LogP contribution in [0.4, 0.5) is 0 Å². The van der Waals surface area contributed by atoms with Crippen molar-refractivity contribution in [3.63, 3.8) is 0 Å². The van der Waals surface area contributed by atoms with Gasteiger partial charge in [-0.3, -0.25) is 4.79 Å². The summed E-state index contributed by atoms with van der Waals surface area (Å²) in [7, 11) is 0. The Kier molecular flexibility index (Phi) is 2.75. The van der Waals surface area contributed by atoms with Gasteiger partial charge in [-0.1, -0.05) is 0 Å². The molecule has 0 atom stereocenters. The van der Waals surface area contributed by atoms with Crippen LogP contribution >= 0.6 is 0 Å². The van der Waals surface area contributed by atoms with Gasteiger partial charge in [0, 0.05) is 17.7 Å². The van der Waals surface area contributed by atoms with E-state index in [2.05, 4.69) is 9.97 Å². The van der Waals surface area contributed by atoms with Crippen LogP contribution in [0.15, 0.2) is 23.2 Å². The summed E-state index contributed by atoms with van der Waals surface area (Å²) in [5, 5.41) is 9.12. The summed E-state index contributed by atoms with van der Waals surface area (Å²) < 4.78 is 5.27. The van der Waals surface area contributed by atoms with Crippen LogP contribution in [0.3, 0.4) is 0 Å². The van der Waals surface area contributed by atoms with Crippen LogP contribution < -0.4 is 0 Å². The number of carbonyl (C=O) groups excluding carboxylic acids is 1. The second kappa shape index (κ2) is 4.66. The van der Waals surface area contributed by atoms with Crippen molar-refractivity contribution in [1.82, 2.24) is 14.9 Å². The van der Waals surface area contributed by atoms with Crippen LogP contribution in [0.25, 0.3) is 0 Å². The molecular weight excluding hydrogens is 286 g/mol. The van der Waals surface area contributed by atoms with Crippen LogP contribution in [0.5, 0.6) is 0 Å². The standard InChI is InChI=1S/C15H13N3O4/c19-14(9-3-16-7-17-13(9)8-1-2-8)18-4-10-11(15(20)21)6-22-12(10)5-18/h3,6-8H,1-2,4-5H2,(H,20,21). The van der Waals surface area contributed by atoms with E-state index in [0.717, 1.165) is 18.5 Å². The number of nitrogens with zero attached hydrogens (tertiary/aromatic N) is 3. The molecule has 0 spiro atoms. The molecule has 7 nitrogen and oxygen atoms in total. The van der Waals surface area contributed by atoms with Crippen molar-refractivity contribution in [2.24, 2.45) is 0 Å². The first kappa shape index (κ1) is 13.0. The molecule has 0 aromatic carbocycles. The molecule has 22 heavy (non-hydrogen) atoms. The lowest BCUT2D eigenvalue weighted by atomic mass is 10.1. The molecule has 0 saturated heterocycles. The predicted octanol–water partition coefficient (Wildman–Crippen LogP) is 1.80. The molecule has 1 N–H and O–H groups in total. The number of hydrogen-bond acceptors (Lipinski definition) is 5. The van der Waals surface area contributed by atoms with E-state index in [1.54, 1.807) is 11.1 Å². The number of carboxylic acid groups (broad SMARTS) is 1. The van der Waals surface area contributed by atoms with E-state index in [1.807, 2.05) is 0 Å². The van der Waals surface area contributed by atoms with Crippen LogP contribution in [0, 0.1) is 0 Å². The highest BCUT2D eigenvalue weighted by molar-refractivity contribution is 5.96. The maximum atomic E-state index is 12.7. The fraction of sp³-hybridized carbons (Fsp3) is 0.333. The van der Waals surface area contributed by atoms with Gasteiger partial charge in [0.05, 0.1) is 24.3 Å². The van der Waals surface area contributed by atoms with Gasteiger partial charge in [-0.2, -0.15) is 0 Å². The van der Waals surface area contributed by atoms with Crippen molar-refractivity contribution in [1.29, 1.82) is 0 Å². The zero-order valence-corrected chi connectivity index (χ0v) is 11.7. The molecule has 2 aliphatic rings. The molecule has 1 aliphatic carbocycles. The quantitative estimate of drug-likeness (QED) is 0.928. The number of amides is 1. The summed E-state index contributed by atoms with van der Waals surface area (Å²) >= 11 is 0. The Morgan fingerprint density at radius 2 is 2.09 bits per heavy atom. The molecular formula is C15H13N3O4. The topological polar surface area (TPSA) is 96.5 Å². The fourth-order valence-electron chi connectivity index (χ4n) is 2.83. The van der Waals surface area contributed by atoms with E-state index in [9.17, 15) is 9.59 Å². The summed E-state index contributed by atoms with van der Waals surface area (Å²) in [6.07, 6.45) is 6.32. The average Bonchev–Trinajstić information content (AvgIpc) is 3.15. The fourth-order valence-corrected chi connectivity index (χ4v) is 2.83. The number of furan rings is 1. The molecule has 7 heteroatoms. The number of aromatic carboxylic acids is 1. The SMILES string of the molecule is O=C(O)c1coc2c1CN(C(=O)c1cncnc1C1CC1)C2. The Hall–Kier alpha value is -2.70. The molecule has 2 aromatic rings. The van der Waals surface area contributed by atoms with Crippen molar-refractivity contribution in [2.75, 3.05) is 0 Å². The second-order valence-corrected chi connectivity index (χ2v) is 5.61. The number of rotatable bonds is 3. The van der Waals surface area contributed by atoms with E-state index in [4.69, 9.17) is 9.52 Å². The van der Waals surface area contributed by atoms with E-state index in [1.165, 1.54) is 12.6 Å². The highest BCUT2D eigenvalue weighted by Crippen LogP contribution is 2.41. The van der Waals surface area contributed by atoms with Gasteiger partial charge in [0.25, 0.3) is 5.91 Å². The third-order valence-electron chi connectivity index (χ3n) is 4.12.